The van der Waals surface area contributed by atoms with Gasteiger partial charge in [0.15, 0.2) is 0 Å². The lowest BCUT2D eigenvalue weighted by atomic mass is 10.0. The van der Waals surface area contributed by atoms with Crippen molar-refractivity contribution in [2.45, 2.75) is 25.7 Å². The first-order valence-electron chi connectivity index (χ1n) is 4.82. The Hall–Kier alpha value is -0.500. The number of hydrogen-bond donors (Lipinski definition) is 0. The van der Waals surface area contributed by atoms with Crippen LogP contribution in [0.5, 0.6) is 5.75 Å². The topological polar surface area (TPSA) is 9.23 Å². The molecule has 0 fully saturated rings. The van der Waals surface area contributed by atoms with Crippen molar-refractivity contribution >= 4 is 15.9 Å². The van der Waals surface area contributed by atoms with Gasteiger partial charge >= 0.3 is 0 Å². The Morgan fingerprint density at radius 1 is 1.15 bits per heavy atom. The van der Waals surface area contributed by atoms with Gasteiger partial charge in [0.25, 0.3) is 0 Å². The number of halogens is 1. The maximum atomic E-state index is 5.61. The molecule has 0 radical (unpaired) electrons. The Labute approximate surface area is 86.2 Å². The summed E-state index contributed by atoms with van der Waals surface area (Å²) in [5, 5.41) is 0. The van der Waals surface area contributed by atoms with Crippen molar-refractivity contribution in [3.63, 3.8) is 0 Å². The average molecular weight is 239 g/mol. The summed E-state index contributed by atoms with van der Waals surface area (Å²) in [7, 11) is 0. The van der Waals surface area contributed by atoms with E-state index in [0.29, 0.717) is 0 Å². The van der Waals surface area contributed by atoms with Crippen LogP contribution >= 0.6 is 15.9 Å². The zero-order valence-electron chi connectivity index (χ0n) is 7.40. The van der Waals surface area contributed by atoms with Gasteiger partial charge < -0.3 is 4.74 Å². The van der Waals surface area contributed by atoms with Crippen molar-refractivity contribution in [1.29, 1.82) is 0 Å². The van der Waals surface area contributed by atoms with E-state index in [9.17, 15) is 0 Å². The summed E-state index contributed by atoms with van der Waals surface area (Å²) in [6.07, 6.45) is 4.94. The van der Waals surface area contributed by atoms with Gasteiger partial charge in [0.1, 0.15) is 5.75 Å². The predicted octanol–water partition coefficient (Wildman–Crippen LogP) is 2.87. The number of fused-ring (bicyclic) bond motifs is 3. The minimum atomic E-state index is 0.865. The van der Waals surface area contributed by atoms with Crippen molar-refractivity contribution in [3.05, 3.63) is 27.2 Å². The molecule has 0 spiro atoms. The second kappa shape index (κ2) is 2.74. The molecule has 0 atom stereocenters. The first-order valence-corrected chi connectivity index (χ1v) is 5.61. The van der Waals surface area contributed by atoms with Crippen molar-refractivity contribution in [1.82, 2.24) is 0 Å². The van der Waals surface area contributed by atoms with Crippen LogP contribution in [0, 0.1) is 0 Å². The molecule has 3 rings (SSSR count). The molecule has 2 aliphatic rings. The number of hydrogen-bond acceptors (Lipinski definition) is 1. The Morgan fingerprint density at radius 2 is 2.08 bits per heavy atom. The van der Waals surface area contributed by atoms with Gasteiger partial charge in [-0.05, 0) is 52.4 Å². The minimum absolute atomic E-state index is 0.865. The molecule has 0 bridgehead atoms. The predicted molar refractivity (Wildman–Crippen MR) is 55.4 cm³/mol. The van der Waals surface area contributed by atoms with Gasteiger partial charge in [-0.25, -0.2) is 0 Å². The number of benzene rings is 1. The number of ether oxygens (including phenoxy) is 1. The maximum absolute atomic E-state index is 5.61. The number of rotatable bonds is 0. The van der Waals surface area contributed by atoms with Crippen molar-refractivity contribution in [2.75, 3.05) is 6.61 Å². The lowest BCUT2D eigenvalue weighted by molar-refractivity contribution is 0.355. The summed E-state index contributed by atoms with van der Waals surface area (Å²) in [5.74, 6) is 1.11. The van der Waals surface area contributed by atoms with E-state index in [2.05, 4.69) is 22.0 Å². The molecule has 1 nitrogen and oxygen atoms in total. The molecule has 2 heteroatoms. The summed E-state index contributed by atoms with van der Waals surface area (Å²) >= 11 is 3.58. The monoisotopic (exact) mass is 238 g/mol. The average Bonchev–Trinajstić information content (AvgIpc) is 2.66. The molecule has 0 aromatic heterocycles. The van der Waals surface area contributed by atoms with Crippen LogP contribution < -0.4 is 4.74 Å². The largest absolute Gasteiger partial charge is 0.492 e. The van der Waals surface area contributed by atoms with Crippen molar-refractivity contribution < 1.29 is 4.74 Å². The van der Waals surface area contributed by atoms with Gasteiger partial charge in [-0.3, -0.25) is 0 Å². The fourth-order valence-corrected chi connectivity index (χ4v) is 3.08. The molecule has 0 unspecified atom stereocenters. The lowest BCUT2D eigenvalue weighted by Gasteiger charge is -2.07. The zero-order chi connectivity index (χ0) is 8.84. The molecule has 1 heterocycles. The summed E-state index contributed by atoms with van der Waals surface area (Å²) < 4.78 is 6.76. The van der Waals surface area contributed by atoms with E-state index in [-0.39, 0.29) is 0 Å². The van der Waals surface area contributed by atoms with Crippen molar-refractivity contribution in [3.8, 4) is 5.75 Å². The molecule has 13 heavy (non-hydrogen) atoms. The smallest absolute Gasteiger partial charge is 0.137 e. The molecule has 1 aliphatic heterocycles. The zero-order valence-corrected chi connectivity index (χ0v) is 8.99. The molecular formula is C11H11BrO. The maximum Gasteiger partial charge on any atom is 0.137 e. The van der Waals surface area contributed by atoms with Crippen LogP contribution in [0.25, 0.3) is 0 Å². The third-order valence-electron chi connectivity index (χ3n) is 3.02. The molecule has 0 amide bonds. The molecule has 1 aliphatic carbocycles. The minimum Gasteiger partial charge on any atom is -0.492 e. The molecule has 1 aromatic carbocycles. The van der Waals surface area contributed by atoms with Crippen LogP contribution in [0.2, 0.25) is 0 Å². The van der Waals surface area contributed by atoms with Gasteiger partial charge in [0.05, 0.1) is 11.1 Å². The highest BCUT2D eigenvalue weighted by Crippen LogP contribution is 2.40. The number of aryl methyl sites for hydroxylation is 1. The van der Waals surface area contributed by atoms with Crippen LogP contribution in [0.15, 0.2) is 10.5 Å². The Morgan fingerprint density at radius 3 is 3.00 bits per heavy atom. The van der Waals surface area contributed by atoms with E-state index < -0.39 is 0 Å². The Kier molecular flexibility index (Phi) is 1.66. The summed E-state index contributed by atoms with van der Waals surface area (Å²) in [6.45, 7) is 0.865. The Bertz CT molecular complexity index is 371. The van der Waals surface area contributed by atoms with Gasteiger partial charge in [0, 0.05) is 12.0 Å². The first kappa shape index (κ1) is 7.86. The van der Waals surface area contributed by atoms with E-state index in [1.807, 2.05) is 0 Å². The third kappa shape index (κ3) is 1.05. The molecular weight excluding hydrogens is 228 g/mol. The summed E-state index contributed by atoms with van der Waals surface area (Å²) in [5.41, 5.74) is 4.59. The Balaban J connectivity index is 2.28. The molecule has 0 saturated carbocycles. The highest BCUT2D eigenvalue weighted by Gasteiger charge is 2.24. The molecule has 0 saturated heterocycles. The van der Waals surface area contributed by atoms with E-state index in [0.717, 1.165) is 23.2 Å². The van der Waals surface area contributed by atoms with Crippen LogP contribution in [-0.2, 0) is 19.3 Å². The van der Waals surface area contributed by atoms with E-state index in [4.69, 9.17) is 4.74 Å². The van der Waals surface area contributed by atoms with E-state index in [1.165, 1.54) is 30.4 Å². The fourth-order valence-electron chi connectivity index (χ4n) is 2.45. The first-order chi connectivity index (χ1) is 6.36. The van der Waals surface area contributed by atoms with Gasteiger partial charge in [-0.1, -0.05) is 0 Å². The third-order valence-corrected chi connectivity index (χ3v) is 3.60. The van der Waals surface area contributed by atoms with E-state index in [1.54, 1.807) is 5.56 Å². The standard InChI is InChI=1S/C11H11BrO/c12-10-6-7-2-1-3-8(7)9-4-5-13-11(9)10/h6H,1-5H2. The highest BCUT2D eigenvalue weighted by atomic mass is 79.9. The highest BCUT2D eigenvalue weighted by molar-refractivity contribution is 9.10. The second-order valence-electron chi connectivity index (χ2n) is 3.76. The summed E-state index contributed by atoms with van der Waals surface area (Å²) in [6, 6.07) is 2.24. The quantitative estimate of drug-likeness (QED) is 0.676. The lowest BCUT2D eigenvalue weighted by Crippen LogP contribution is -1.90. The van der Waals surface area contributed by atoms with Gasteiger partial charge in [0.2, 0.25) is 0 Å². The summed E-state index contributed by atoms with van der Waals surface area (Å²) in [4.78, 5) is 0. The molecule has 0 N–H and O–H groups in total. The van der Waals surface area contributed by atoms with Crippen molar-refractivity contribution in [2.24, 2.45) is 0 Å². The molecule has 1 aromatic rings. The SMILES string of the molecule is Brc1cc2c(c3c1OCC3)CCC2. The van der Waals surface area contributed by atoms with E-state index >= 15 is 0 Å². The van der Waals surface area contributed by atoms with Gasteiger partial charge in [-0.15, -0.1) is 0 Å². The molecule has 68 valence electrons. The van der Waals surface area contributed by atoms with Gasteiger partial charge in [-0.2, -0.15) is 0 Å². The second-order valence-corrected chi connectivity index (χ2v) is 4.61. The van der Waals surface area contributed by atoms with Crippen LogP contribution in [0.1, 0.15) is 23.1 Å². The van der Waals surface area contributed by atoms with Crippen LogP contribution in [0.4, 0.5) is 0 Å². The van der Waals surface area contributed by atoms with Crippen LogP contribution in [-0.4, -0.2) is 6.61 Å². The fraction of sp³-hybridized carbons (Fsp3) is 0.455. The van der Waals surface area contributed by atoms with Crippen LogP contribution in [0.3, 0.4) is 0 Å². The normalized spacial score (nSPS) is 18.2.